The van der Waals surface area contributed by atoms with E-state index in [0.717, 1.165) is 37.6 Å². The van der Waals surface area contributed by atoms with Gasteiger partial charge < -0.3 is 10.1 Å². The van der Waals surface area contributed by atoms with Crippen molar-refractivity contribution in [2.45, 2.75) is 31.7 Å². The lowest BCUT2D eigenvalue weighted by Gasteiger charge is -2.16. The summed E-state index contributed by atoms with van der Waals surface area (Å²) in [6.45, 7) is 4.00. The summed E-state index contributed by atoms with van der Waals surface area (Å²) < 4.78 is 5.66. The van der Waals surface area contributed by atoms with Gasteiger partial charge in [0.1, 0.15) is 5.75 Å². The molecule has 1 aromatic rings. The molecule has 1 aliphatic rings. The van der Waals surface area contributed by atoms with Crippen LogP contribution in [0, 0.1) is 0 Å². The van der Waals surface area contributed by atoms with Gasteiger partial charge in [0.15, 0.2) is 0 Å². The topological polar surface area (TPSA) is 21.3 Å². The van der Waals surface area contributed by atoms with Crippen LogP contribution in [0.15, 0.2) is 24.3 Å². The number of hydrogen-bond donors (Lipinski definition) is 1. The largest absolute Gasteiger partial charge is 0.493 e. The van der Waals surface area contributed by atoms with E-state index >= 15 is 0 Å². The number of hydrogen-bond acceptors (Lipinski definition) is 2. The molecule has 1 N–H and O–H groups in total. The third-order valence-electron chi connectivity index (χ3n) is 3.28. The van der Waals surface area contributed by atoms with Crippen LogP contribution in [0.4, 0.5) is 0 Å². The van der Waals surface area contributed by atoms with Crippen molar-refractivity contribution in [1.29, 1.82) is 0 Å². The van der Waals surface area contributed by atoms with Gasteiger partial charge in [0, 0.05) is 29.9 Å². The molecule has 1 aromatic carbocycles. The van der Waals surface area contributed by atoms with E-state index in [2.05, 4.69) is 24.4 Å². The minimum absolute atomic E-state index is 0.490. The highest BCUT2D eigenvalue weighted by Gasteiger charge is 2.23. The number of para-hydroxylation sites is 1. The van der Waals surface area contributed by atoms with Gasteiger partial charge >= 0.3 is 0 Å². The Balaban J connectivity index is 1.81. The highest BCUT2D eigenvalue weighted by molar-refractivity contribution is 6.17. The van der Waals surface area contributed by atoms with Gasteiger partial charge in [-0.15, -0.1) is 11.6 Å². The lowest BCUT2D eigenvalue weighted by Crippen LogP contribution is -2.31. The van der Waals surface area contributed by atoms with E-state index in [4.69, 9.17) is 16.3 Å². The Morgan fingerprint density at radius 3 is 3.12 bits per heavy atom. The molecule has 0 aromatic heterocycles. The quantitative estimate of drug-likeness (QED) is 0.787. The first-order valence-corrected chi connectivity index (χ1v) is 6.85. The third kappa shape index (κ3) is 3.36. The van der Waals surface area contributed by atoms with E-state index in [1.54, 1.807) is 0 Å². The molecule has 0 radical (unpaired) electrons. The maximum Gasteiger partial charge on any atom is 0.122 e. The molecular formula is C14H20ClNO. The van der Waals surface area contributed by atoms with Crippen LogP contribution in [0.1, 0.15) is 31.2 Å². The van der Waals surface area contributed by atoms with Crippen molar-refractivity contribution in [2.24, 2.45) is 0 Å². The molecule has 0 saturated heterocycles. The highest BCUT2D eigenvalue weighted by Crippen LogP contribution is 2.32. The number of alkyl halides is 1. The number of rotatable bonds is 6. The highest BCUT2D eigenvalue weighted by atomic mass is 35.5. The van der Waals surface area contributed by atoms with E-state index in [0.29, 0.717) is 12.0 Å². The van der Waals surface area contributed by atoms with Gasteiger partial charge in [-0.1, -0.05) is 18.2 Å². The molecule has 0 bridgehead atoms. The third-order valence-corrected chi connectivity index (χ3v) is 3.55. The van der Waals surface area contributed by atoms with Gasteiger partial charge in [-0.2, -0.15) is 0 Å². The monoisotopic (exact) mass is 253 g/mol. The second-order valence-electron chi connectivity index (χ2n) is 4.69. The smallest absolute Gasteiger partial charge is 0.122 e. The maximum absolute atomic E-state index is 5.69. The molecule has 0 amide bonds. The fraction of sp³-hybridized carbons (Fsp3) is 0.571. The van der Waals surface area contributed by atoms with Crippen LogP contribution in [0.3, 0.4) is 0 Å². The summed E-state index contributed by atoms with van der Waals surface area (Å²) in [5, 5.41) is 3.56. The Hall–Kier alpha value is -0.730. The molecule has 2 atom stereocenters. The number of ether oxygens (including phenoxy) is 1. The first kappa shape index (κ1) is 12.7. The van der Waals surface area contributed by atoms with Crippen molar-refractivity contribution in [1.82, 2.24) is 5.32 Å². The molecule has 0 fully saturated rings. The number of nitrogens with one attached hydrogen (secondary N) is 1. The van der Waals surface area contributed by atoms with Crippen molar-refractivity contribution in [3.63, 3.8) is 0 Å². The average Bonchev–Trinajstić information content (AvgIpc) is 2.77. The number of fused-ring (bicyclic) bond motifs is 1. The van der Waals surface area contributed by atoms with Crippen LogP contribution in [-0.4, -0.2) is 25.1 Å². The van der Waals surface area contributed by atoms with Gasteiger partial charge in [0.05, 0.1) is 6.61 Å². The minimum Gasteiger partial charge on any atom is -0.493 e. The average molecular weight is 254 g/mol. The second kappa shape index (κ2) is 6.27. The summed E-state index contributed by atoms with van der Waals surface area (Å²) in [6.07, 6.45) is 2.21. The summed E-state index contributed by atoms with van der Waals surface area (Å²) in [5.74, 6) is 2.29. The van der Waals surface area contributed by atoms with Gasteiger partial charge in [-0.05, 0) is 25.8 Å². The second-order valence-corrected chi connectivity index (χ2v) is 5.06. The summed E-state index contributed by atoms with van der Waals surface area (Å²) in [4.78, 5) is 0. The molecule has 0 saturated carbocycles. The summed E-state index contributed by atoms with van der Waals surface area (Å²) in [6, 6.07) is 8.85. The van der Waals surface area contributed by atoms with Gasteiger partial charge in [-0.25, -0.2) is 0 Å². The lowest BCUT2D eigenvalue weighted by atomic mass is 10.0. The zero-order valence-corrected chi connectivity index (χ0v) is 11.0. The Morgan fingerprint density at radius 1 is 1.47 bits per heavy atom. The predicted molar refractivity (Wildman–Crippen MR) is 72.1 cm³/mol. The molecule has 2 rings (SSSR count). The van der Waals surface area contributed by atoms with E-state index in [1.807, 2.05) is 12.1 Å². The SMILES string of the molecule is CC(CCCCl)NCC1COc2ccccc21. The molecule has 2 unspecified atom stereocenters. The number of benzene rings is 1. The Kier molecular flexibility index (Phi) is 4.69. The lowest BCUT2D eigenvalue weighted by molar-refractivity contribution is 0.322. The minimum atomic E-state index is 0.490. The summed E-state index contributed by atoms with van der Waals surface area (Å²) >= 11 is 5.69. The van der Waals surface area contributed by atoms with Crippen molar-refractivity contribution >= 4 is 11.6 Å². The van der Waals surface area contributed by atoms with Crippen molar-refractivity contribution in [2.75, 3.05) is 19.0 Å². The van der Waals surface area contributed by atoms with E-state index in [9.17, 15) is 0 Å². The fourth-order valence-electron chi connectivity index (χ4n) is 2.23. The predicted octanol–water partition coefficient (Wildman–Crippen LogP) is 3.16. The Bertz CT molecular complexity index is 356. The van der Waals surface area contributed by atoms with E-state index in [-0.39, 0.29) is 0 Å². The van der Waals surface area contributed by atoms with Crippen molar-refractivity contribution < 1.29 is 4.74 Å². The van der Waals surface area contributed by atoms with Crippen LogP contribution >= 0.6 is 11.6 Å². The summed E-state index contributed by atoms with van der Waals surface area (Å²) in [5.41, 5.74) is 1.34. The van der Waals surface area contributed by atoms with Gasteiger partial charge in [-0.3, -0.25) is 0 Å². The molecule has 2 nitrogen and oxygen atoms in total. The van der Waals surface area contributed by atoms with Crippen LogP contribution in [0.25, 0.3) is 0 Å². The maximum atomic E-state index is 5.69. The van der Waals surface area contributed by atoms with Gasteiger partial charge in [0.25, 0.3) is 0 Å². The zero-order valence-electron chi connectivity index (χ0n) is 10.3. The van der Waals surface area contributed by atoms with Crippen LogP contribution in [0.5, 0.6) is 5.75 Å². The van der Waals surface area contributed by atoms with E-state index < -0.39 is 0 Å². The standard InChI is InChI=1S/C14H20ClNO/c1-11(5-4-8-15)16-9-12-10-17-14-7-3-2-6-13(12)14/h2-3,6-7,11-12,16H,4-5,8-10H2,1H3. The van der Waals surface area contributed by atoms with Crippen LogP contribution in [-0.2, 0) is 0 Å². The fourth-order valence-corrected chi connectivity index (χ4v) is 2.38. The molecule has 94 valence electrons. The normalized spacial score (nSPS) is 19.8. The van der Waals surface area contributed by atoms with Crippen molar-refractivity contribution in [3.8, 4) is 5.75 Å². The first-order chi connectivity index (χ1) is 8.31. The van der Waals surface area contributed by atoms with Crippen LogP contribution < -0.4 is 10.1 Å². The molecule has 0 spiro atoms. The molecule has 3 heteroatoms. The number of halogens is 1. The zero-order chi connectivity index (χ0) is 12.1. The van der Waals surface area contributed by atoms with Crippen molar-refractivity contribution in [3.05, 3.63) is 29.8 Å². The molecular weight excluding hydrogens is 234 g/mol. The molecule has 1 aliphatic heterocycles. The summed E-state index contributed by atoms with van der Waals surface area (Å²) in [7, 11) is 0. The van der Waals surface area contributed by atoms with Crippen LogP contribution in [0.2, 0.25) is 0 Å². The first-order valence-electron chi connectivity index (χ1n) is 6.32. The molecule has 0 aliphatic carbocycles. The van der Waals surface area contributed by atoms with Gasteiger partial charge in [0.2, 0.25) is 0 Å². The Morgan fingerprint density at radius 2 is 2.29 bits per heavy atom. The Labute approximate surface area is 108 Å². The van der Waals surface area contributed by atoms with E-state index in [1.165, 1.54) is 5.56 Å². The molecule has 1 heterocycles. The molecule has 17 heavy (non-hydrogen) atoms.